The first-order valence-corrected chi connectivity index (χ1v) is 7.37. The van der Waals surface area contributed by atoms with Gasteiger partial charge in [-0.15, -0.1) is 0 Å². The molecule has 0 saturated carbocycles. The average molecular weight is 277 g/mol. The number of hydrogen-bond acceptors (Lipinski definition) is 3. The Morgan fingerprint density at radius 2 is 2.10 bits per heavy atom. The van der Waals surface area contributed by atoms with Gasteiger partial charge >= 0.3 is 0 Å². The van der Waals surface area contributed by atoms with Crippen molar-refractivity contribution in [3.05, 3.63) is 23.8 Å². The van der Waals surface area contributed by atoms with Crippen molar-refractivity contribution < 1.29 is 4.79 Å². The monoisotopic (exact) mass is 277 g/mol. The molecule has 1 amide bonds. The summed E-state index contributed by atoms with van der Waals surface area (Å²) in [4.78, 5) is 14.3. The minimum atomic E-state index is 0.0552. The molecule has 0 fully saturated rings. The van der Waals surface area contributed by atoms with Gasteiger partial charge in [-0.3, -0.25) is 4.79 Å². The predicted molar refractivity (Wildman–Crippen MR) is 85.8 cm³/mol. The SMILES string of the molecule is CCC(C)N(CC)CCC(=O)Nc1ccc(N)cc1C. The van der Waals surface area contributed by atoms with Gasteiger partial charge in [-0.05, 0) is 50.6 Å². The third-order valence-corrected chi connectivity index (χ3v) is 3.77. The summed E-state index contributed by atoms with van der Waals surface area (Å²) in [6, 6.07) is 6.05. The maximum atomic E-state index is 12.0. The fraction of sp³-hybridized carbons (Fsp3) is 0.562. The first kappa shape index (κ1) is 16.5. The van der Waals surface area contributed by atoms with Crippen molar-refractivity contribution in [2.24, 2.45) is 0 Å². The number of carbonyl (C=O) groups excluding carboxylic acids is 1. The number of carbonyl (C=O) groups is 1. The highest BCUT2D eigenvalue weighted by Crippen LogP contribution is 2.17. The van der Waals surface area contributed by atoms with Crippen LogP contribution in [-0.2, 0) is 4.79 Å². The minimum absolute atomic E-state index is 0.0552. The highest BCUT2D eigenvalue weighted by atomic mass is 16.1. The van der Waals surface area contributed by atoms with E-state index >= 15 is 0 Å². The van der Waals surface area contributed by atoms with Crippen molar-refractivity contribution in [2.75, 3.05) is 24.1 Å². The van der Waals surface area contributed by atoms with Crippen LogP contribution >= 0.6 is 0 Å². The van der Waals surface area contributed by atoms with Crippen LogP contribution in [-0.4, -0.2) is 29.9 Å². The van der Waals surface area contributed by atoms with Crippen LogP contribution < -0.4 is 11.1 Å². The largest absolute Gasteiger partial charge is 0.399 e. The molecule has 0 bridgehead atoms. The van der Waals surface area contributed by atoms with Crippen LogP contribution in [0, 0.1) is 6.92 Å². The van der Waals surface area contributed by atoms with Crippen molar-refractivity contribution in [1.29, 1.82) is 0 Å². The molecule has 0 radical (unpaired) electrons. The second kappa shape index (κ2) is 7.90. The summed E-state index contributed by atoms with van der Waals surface area (Å²) in [7, 11) is 0. The summed E-state index contributed by atoms with van der Waals surface area (Å²) in [5.74, 6) is 0.0552. The molecule has 1 unspecified atom stereocenters. The second-order valence-electron chi connectivity index (χ2n) is 5.26. The van der Waals surface area contributed by atoms with Crippen molar-refractivity contribution in [1.82, 2.24) is 4.90 Å². The zero-order valence-electron chi connectivity index (χ0n) is 13.1. The van der Waals surface area contributed by atoms with Crippen LogP contribution in [0.15, 0.2) is 18.2 Å². The van der Waals surface area contributed by atoms with Gasteiger partial charge in [0.15, 0.2) is 0 Å². The first-order valence-electron chi connectivity index (χ1n) is 7.37. The molecular weight excluding hydrogens is 250 g/mol. The number of nitrogens with one attached hydrogen (secondary N) is 1. The van der Waals surface area contributed by atoms with Gasteiger partial charge in [0.1, 0.15) is 0 Å². The molecule has 1 rings (SSSR count). The van der Waals surface area contributed by atoms with Crippen LogP contribution in [0.25, 0.3) is 0 Å². The number of benzene rings is 1. The number of anilines is 2. The minimum Gasteiger partial charge on any atom is -0.399 e. The number of nitrogen functional groups attached to an aromatic ring is 1. The third-order valence-electron chi connectivity index (χ3n) is 3.77. The van der Waals surface area contributed by atoms with Crippen LogP contribution in [0.1, 0.15) is 39.2 Å². The van der Waals surface area contributed by atoms with Gasteiger partial charge in [-0.2, -0.15) is 0 Å². The van der Waals surface area contributed by atoms with Crippen molar-refractivity contribution in [2.45, 2.75) is 46.6 Å². The molecule has 4 heteroatoms. The van der Waals surface area contributed by atoms with E-state index in [0.29, 0.717) is 12.5 Å². The zero-order chi connectivity index (χ0) is 15.1. The summed E-state index contributed by atoms with van der Waals surface area (Å²) in [5.41, 5.74) is 8.26. The van der Waals surface area contributed by atoms with E-state index in [2.05, 4.69) is 31.0 Å². The molecule has 0 aliphatic carbocycles. The van der Waals surface area contributed by atoms with E-state index < -0.39 is 0 Å². The molecule has 0 aromatic heterocycles. The molecule has 20 heavy (non-hydrogen) atoms. The Bertz CT molecular complexity index is 445. The summed E-state index contributed by atoms with van der Waals surface area (Å²) in [5, 5.41) is 2.95. The van der Waals surface area contributed by atoms with Gasteiger partial charge < -0.3 is 16.0 Å². The van der Waals surface area contributed by atoms with Gasteiger partial charge in [0.2, 0.25) is 5.91 Å². The molecule has 0 spiro atoms. The normalized spacial score (nSPS) is 12.4. The van der Waals surface area contributed by atoms with Gasteiger partial charge in [-0.25, -0.2) is 0 Å². The van der Waals surface area contributed by atoms with E-state index in [9.17, 15) is 4.79 Å². The average Bonchev–Trinajstić information content (AvgIpc) is 2.42. The lowest BCUT2D eigenvalue weighted by Crippen LogP contribution is -2.35. The molecule has 1 aromatic carbocycles. The standard InChI is InChI=1S/C16H27N3O/c1-5-13(4)19(6-2)10-9-16(20)18-15-8-7-14(17)11-12(15)3/h7-8,11,13H,5-6,9-10,17H2,1-4H3,(H,18,20). The summed E-state index contributed by atoms with van der Waals surface area (Å²) >= 11 is 0. The maximum Gasteiger partial charge on any atom is 0.225 e. The Balaban J connectivity index is 2.51. The second-order valence-corrected chi connectivity index (χ2v) is 5.26. The zero-order valence-corrected chi connectivity index (χ0v) is 13.1. The number of nitrogens with zero attached hydrogens (tertiary/aromatic N) is 1. The van der Waals surface area contributed by atoms with E-state index in [1.165, 1.54) is 0 Å². The van der Waals surface area contributed by atoms with Crippen molar-refractivity contribution >= 4 is 17.3 Å². The van der Waals surface area contributed by atoms with E-state index in [4.69, 9.17) is 5.73 Å². The van der Waals surface area contributed by atoms with Crippen LogP contribution in [0.5, 0.6) is 0 Å². The molecule has 3 N–H and O–H groups in total. The number of aryl methyl sites for hydroxylation is 1. The quantitative estimate of drug-likeness (QED) is 0.753. The molecule has 0 saturated heterocycles. The number of nitrogens with two attached hydrogens (primary N) is 1. The van der Waals surface area contributed by atoms with Gasteiger partial charge in [0.05, 0.1) is 0 Å². The molecular formula is C16H27N3O. The highest BCUT2D eigenvalue weighted by Gasteiger charge is 2.12. The summed E-state index contributed by atoms with van der Waals surface area (Å²) in [6.45, 7) is 10.2. The fourth-order valence-electron chi connectivity index (χ4n) is 2.23. The Hall–Kier alpha value is -1.55. The van der Waals surface area contributed by atoms with Gasteiger partial charge in [-0.1, -0.05) is 13.8 Å². The van der Waals surface area contributed by atoms with Gasteiger partial charge in [0, 0.05) is 30.4 Å². The lowest BCUT2D eigenvalue weighted by atomic mass is 10.1. The number of hydrogen-bond donors (Lipinski definition) is 2. The fourth-order valence-corrected chi connectivity index (χ4v) is 2.23. The molecule has 0 aliphatic rings. The lowest BCUT2D eigenvalue weighted by molar-refractivity contribution is -0.116. The van der Waals surface area contributed by atoms with Crippen molar-refractivity contribution in [3.8, 4) is 0 Å². The van der Waals surface area contributed by atoms with Crippen LogP contribution in [0.2, 0.25) is 0 Å². The Labute approximate surface area is 122 Å². The third kappa shape index (κ3) is 4.85. The van der Waals surface area contributed by atoms with Crippen molar-refractivity contribution in [3.63, 3.8) is 0 Å². The molecule has 1 atom stereocenters. The molecule has 112 valence electrons. The number of rotatable bonds is 7. The maximum absolute atomic E-state index is 12.0. The summed E-state index contributed by atoms with van der Waals surface area (Å²) < 4.78 is 0. The molecule has 4 nitrogen and oxygen atoms in total. The topological polar surface area (TPSA) is 58.4 Å². The van der Waals surface area contributed by atoms with Crippen LogP contribution in [0.3, 0.4) is 0 Å². The van der Waals surface area contributed by atoms with E-state index in [0.717, 1.165) is 36.4 Å². The van der Waals surface area contributed by atoms with Gasteiger partial charge in [0.25, 0.3) is 0 Å². The summed E-state index contributed by atoms with van der Waals surface area (Å²) in [6.07, 6.45) is 1.62. The lowest BCUT2D eigenvalue weighted by Gasteiger charge is -2.26. The molecule has 0 aliphatic heterocycles. The van der Waals surface area contributed by atoms with E-state index in [1.54, 1.807) is 6.07 Å². The Morgan fingerprint density at radius 3 is 2.65 bits per heavy atom. The highest BCUT2D eigenvalue weighted by molar-refractivity contribution is 5.91. The van der Waals surface area contributed by atoms with Crippen LogP contribution in [0.4, 0.5) is 11.4 Å². The van der Waals surface area contributed by atoms with E-state index in [1.807, 2.05) is 19.1 Å². The predicted octanol–water partition coefficient (Wildman–Crippen LogP) is 3.03. The Morgan fingerprint density at radius 1 is 1.40 bits per heavy atom. The molecule has 1 aromatic rings. The van der Waals surface area contributed by atoms with E-state index in [-0.39, 0.29) is 5.91 Å². The first-order chi connectivity index (χ1) is 9.47. The smallest absolute Gasteiger partial charge is 0.225 e. The molecule has 0 heterocycles. The number of amides is 1. The Kier molecular flexibility index (Phi) is 6.52.